The summed E-state index contributed by atoms with van der Waals surface area (Å²) in [6.07, 6.45) is 12.0. The highest BCUT2D eigenvalue weighted by Gasteiger charge is 2.57. The number of fused-ring (bicyclic) bond motifs is 5. The topological polar surface area (TPSA) is 46.5 Å². The number of aromatic hydroxyl groups is 1. The van der Waals surface area contributed by atoms with Crippen LogP contribution < -0.4 is 0 Å². The quantitative estimate of drug-likeness (QED) is 0.397. The molecule has 2 fully saturated rings. The summed E-state index contributed by atoms with van der Waals surface area (Å²) in [6, 6.07) is 6.05. The van der Waals surface area contributed by atoms with Crippen molar-refractivity contribution < 1.29 is 14.6 Å². The second kappa shape index (κ2) is 8.93. The first-order valence-electron chi connectivity index (χ1n) is 12.5. The number of phenols is 1. The number of benzene rings is 1. The smallest absolute Gasteiger partial charge is 0.306 e. The lowest BCUT2D eigenvalue weighted by molar-refractivity contribution is -0.158. The predicted molar refractivity (Wildman–Crippen MR) is 121 cm³/mol. The first-order valence-corrected chi connectivity index (χ1v) is 12.5. The summed E-state index contributed by atoms with van der Waals surface area (Å²) in [4.78, 5) is 12.5. The third kappa shape index (κ3) is 3.89. The molecular weight excluding hydrogens is 372 g/mol. The first-order chi connectivity index (χ1) is 14.5. The Balaban J connectivity index is 1.49. The summed E-state index contributed by atoms with van der Waals surface area (Å²) in [5, 5.41) is 10.00. The number of ether oxygens (including phenoxy) is 1. The van der Waals surface area contributed by atoms with Gasteiger partial charge in [0, 0.05) is 11.8 Å². The Morgan fingerprint density at radius 3 is 2.77 bits per heavy atom. The summed E-state index contributed by atoms with van der Waals surface area (Å²) in [7, 11) is 0. The van der Waals surface area contributed by atoms with Crippen molar-refractivity contribution in [3.05, 3.63) is 29.3 Å². The van der Waals surface area contributed by atoms with Gasteiger partial charge >= 0.3 is 5.97 Å². The van der Waals surface area contributed by atoms with Gasteiger partial charge in [-0.3, -0.25) is 4.79 Å². The molecule has 0 bridgehead atoms. The summed E-state index contributed by atoms with van der Waals surface area (Å²) in [5.41, 5.74) is 2.96. The Kier molecular flexibility index (Phi) is 6.46. The van der Waals surface area contributed by atoms with Gasteiger partial charge in [-0.2, -0.15) is 0 Å². The number of carbonyl (C=O) groups is 1. The fraction of sp³-hybridized carbons (Fsp3) is 0.741. The molecular formula is C27H40O3. The number of rotatable bonds is 7. The third-order valence-electron chi connectivity index (χ3n) is 8.83. The monoisotopic (exact) mass is 412 g/mol. The first kappa shape index (κ1) is 21.7. The molecule has 0 spiro atoms. The summed E-state index contributed by atoms with van der Waals surface area (Å²) in [6.45, 7) is 6.93. The van der Waals surface area contributed by atoms with Gasteiger partial charge in [0.1, 0.15) is 11.9 Å². The average molecular weight is 413 g/mol. The molecule has 0 heterocycles. The number of hydrogen-bond donors (Lipinski definition) is 1. The van der Waals surface area contributed by atoms with Gasteiger partial charge in [-0.15, -0.1) is 0 Å². The molecule has 0 amide bonds. The lowest BCUT2D eigenvalue weighted by atomic mass is 9.52. The van der Waals surface area contributed by atoms with Gasteiger partial charge in [-0.25, -0.2) is 0 Å². The molecule has 3 heteroatoms. The minimum Gasteiger partial charge on any atom is -0.508 e. The van der Waals surface area contributed by atoms with Crippen LogP contribution in [0.2, 0.25) is 0 Å². The molecule has 3 aliphatic rings. The maximum Gasteiger partial charge on any atom is 0.306 e. The van der Waals surface area contributed by atoms with E-state index in [1.807, 2.05) is 12.1 Å². The van der Waals surface area contributed by atoms with E-state index >= 15 is 0 Å². The van der Waals surface area contributed by atoms with Crippen molar-refractivity contribution in [3.63, 3.8) is 0 Å². The zero-order chi connectivity index (χ0) is 21.3. The van der Waals surface area contributed by atoms with Gasteiger partial charge in [-0.1, -0.05) is 52.5 Å². The molecule has 3 unspecified atom stereocenters. The molecule has 30 heavy (non-hydrogen) atoms. The van der Waals surface area contributed by atoms with Crippen molar-refractivity contribution in [2.24, 2.45) is 23.2 Å². The minimum absolute atomic E-state index is 0.0246. The highest BCUT2D eigenvalue weighted by molar-refractivity contribution is 5.69. The fourth-order valence-electron chi connectivity index (χ4n) is 7.24. The molecule has 0 aliphatic heterocycles. The molecule has 1 aromatic rings. The van der Waals surface area contributed by atoms with Crippen LogP contribution in [0.15, 0.2) is 18.2 Å². The average Bonchev–Trinajstić information content (AvgIpc) is 3.06. The molecule has 1 N–H and O–H groups in total. The number of carbonyl (C=O) groups excluding carboxylic acids is 1. The van der Waals surface area contributed by atoms with Gasteiger partial charge in [-0.05, 0) is 85.5 Å². The van der Waals surface area contributed by atoms with E-state index in [9.17, 15) is 9.90 Å². The lowest BCUT2D eigenvalue weighted by Crippen LogP contribution is -2.48. The molecule has 3 nitrogen and oxygen atoms in total. The number of hydrogen-bond acceptors (Lipinski definition) is 3. The molecule has 0 aromatic heterocycles. The van der Waals surface area contributed by atoms with Crippen LogP contribution in [0.5, 0.6) is 5.75 Å². The maximum atomic E-state index is 12.5. The van der Waals surface area contributed by atoms with Crippen molar-refractivity contribution in [3.8, 4) is 5.75 Å². The van der Waals surface area contributed by atoms with Crippen LogP contribution in [0.3, 0.4) is 0 Å². The summed E-state index contributed by atoms with van der Waals surface area (Å²) >= 11 is 0. The summed E-state index contributed by atoms with van der Waals surface area (Å²) < 4.78 is 6.13. The van der Waals surface area contributed by atoms with Crippen LogP contribution in [0.4, 0.5) is 0 Å². The van der Waals surface area contributed by atoms with Crippen LogP contribution >= 0.6 is 0 Å². The van der Waals surface area contributed by atoms with E-state index in [1.54, 1.807) is 0 Å². The van der Waals surface area contributed by atoms with E-state index < -0.39 is 0 Å². The molecule has 166 valence electrons. The molecule has 1 aromatic carbocycles. The van der Waals surface area contributed by atoms with Crippen LogP contribution in [-0.4, -0.2) is 17.2 Å². The van der Waals surface area contributed by atoms with Crippen molar-refractivity contribution in [2.45, 2.75) is 103 Å². The standard InChI is InChI=1S/C27H40O3/c1-4-6-7-8-9-25(29)30-24-13-12-23-26-18(5-2)16-19-17-20(28)10-11-21(19)22(26)14-15-27(23,24)3/h10-11,17-18,22-24,26,28H,4-9,12-16H2,1-3H3/t18-,22?,23?,24+,26?,27+/m1/s1. The van der Waals surface area contributed by atoms with E-state index in [0.29, 0.717) is 35.8 Å². The number of phenolic OH excluding ortho intramolecular Hbond substituents is 1. The number of esters is 1. The minimum atomic E-state index is 0.0246. The molecule has 3 aliphatic carbocycles. The van der Waals surface area contributed by atoms with E-state index in [0.717, 1.165) is 32.1 Å². The largest absolute Gasteiger partial charge is 0.508 e. The normalized spacial score (nSPS) is 34.7. The second-order valence-electron chi connectivity index (χ2n) is 10.5. The molecule has 4 rings (SSSR count). The van der Waals surface area contributed by atoms with Gasteiger partial charge in [0.15, 0.2) is 0 Å². The Morgan fingerprint density at radius 1 is 1.17 bits per heavy atom. The van der Waals surface area contributed by atoms with Crippen LogP contribution in [-0.2, 0) is 16.0 Å². The lowest BCUT2D eigenvalue weighted by Gasteiger charge is -2.53. The predicted octanol–water partition coefficient (Wildman–Crippen LogP) is 6.77. The van der Waals surface area contributed by atoms with Crippen molar-refractivity contribution >= 4 is 5.97 Å². The van der Waals surface area contributed by atoms with Crippen LogP contribution in [0.25, 0.3) is 0 Å². The Hall–Kier alpha value is -1.51. The maximum absolute atomic E-state index is 12.5. The van der Waals surface area contributed by atoms with Gasteiger partial charge in [0.05, 0.1) is 0 Å². The Bertz CT molecular complexity index is 756. The highest BCUT2D eigenvalue weighted by Crippen LogP contribution is 2.63. The second-order valence-corrected chi connectivity index (χ2v) is 10.5. The molecule has 6 atom stereocenters. The van der Waals surface area contributed by atoms with E-state index in [4.69, 9.17) is 4.74 Å². The van der Waals surface area contributed by atoms with Gasteiger partial charge in [0.2, 0.25) is 0 Å². The molecule has 0 radical (unpaired) electrons. The van der Waals surface area contributed by atoms with Gasteiger partial charge < -0.3 is 9.84 Å². The number of unbranched alkanes of at least 4 members (excludes halogenated alkanes) is 3. The summed E-state index contributed by atoms with van der Waals surface area (Å²) in [5.74, 6) is 3.00. The van der Waals surface area contributed by atoms with E-state index in [2.05, 4.69) is 26.8 Å². The Morgan fingerprint density at radius 2 is 2.00 bits per heavy atom. The van der Waals surface area contributed by atoms with E-state index in [-0.39, 0.29) is 17.5 Å². The fourth-order valence-corrected chi connectivity index (χ4v) is 7.24. The Labute approximate surface area is 182 Å². The van der Waals surface area contributed by atoms with Crippen molar-refractivity contribution in [1.29, 1.82) is 0 Å². The van der Waals surface area contributed by atoms with Crippen molar-refractivity contribution in [2.75, 3.05) is 0 Å². The van der Waals surface area contributed by atoms with Crippen molar-refractivity contribution in [1.82, 2.24) is 0 Å². The third-order valence-corrected chi connectivity index (χ3v) is 8.83. The molecule has 2 saturated carbocycles. The zero-order valence-corrected chi connectivity index (χ0v) is 19.2. The zero-order valence-electron chi connectivity index (χ0n) is 19.2. The van der Waals surface area contributed by atoms with Gasteiger partial charge in [0.25, 0.3) is 0 Å². The SMILES string of the molecule is CCCCCCC(=O)O[C@H]1CCC2C3C(CC[C@@]21C)c1ccc(O)cc1C[C@H]3CC. The van der Waals surface area contributed by atoms with E-state index in [1.165, 1.54) is 43.2 Å². The van der Waals surface area contributed by atoms with Crippen LogP contribution in [0.1, 0.15) is 102 Å². The molecule has 0 saturated heterocycles. The highest BCUT2D eigenvalue weighted by atomic mass is 16.5. The van der Waals surface area contributed by atoms with Crippen LogP contribution in [0, 0.1) is 23.2 Å².